The van der Waals surface area contributed by atoms with Gasteiger partial charge < -0.3 is 15.2 Å². The molecule has 6 rings (SSSR count). The molecule has 1 aromatic carbocycles. The maximum absolute atomic E-state index is 12.9. The fourth-order valence-electron chi connectivity index (χ4n) is 5.01. The largest absolute Gasteiger partial charge is 0.340 e. The first-order chi connectivity index (χ1) is 17.2. The van der Waals surface area contributed by atoms with E-state index >= 15 is 0 Å². The number of rotatable bonds is 5. The summed E-state index contributed by atoms with van der Waals surface area (Å²) in [5.41, 5.74) is 6.90. The quantitative estimate of drug-likeness (QED) is 0.420. The predicted octanol–water partition coefficient (Wildman–Crippen LogP) is 4.80. The van der Waals surface area contributed by atoms with E-state index in [1.165, 1.54) is 31.3 Å². The Hall–Kier alpha value is -3.30. The molecule has 1 amide bonds. The van der Waals surface area contributed by atoms with Gasteiger partial charge in [0.25, 0.3) is 0 Å². The Kier molecular flexibility index (Phi) is 6.18. The molecule has 9 heteroatoms. The van der Waals surface area contributed by atoms with Crippen molar-refractivity contribution in [3.8, 4) is 0 Å². The number of hydrogen-bond donors (Lipinski definition) is 2. The number of amides is 1. The van der Waals surface area contributed by atoms with Crippen LogP contribution in [-0.4, -0.2) is 68.4 Å². The molecule has 0 aliphatic carbocycles. The van der Waals surface area contributed by atoms with Gasteiger partial charge in [-0.05, 0) is 62.2 Å². The summed E-state index contributed by atoms with van der Waals surface area (Å²) < 4.78 is 1.14. The van der Waals surface area contributed by atoms with Crippen LogP contribution in [0, 0.1) is 0 Å². The minimum atomic E-state index is 0.245. The molecule has 0 saturated carbocycles. The topological polar surface area (TPSA) is 90.0 Å². The number of nitrogens with one attached hydrogen (secondary N) is 2. The molecular formula is C26H29N7OS. The molecule has 0 spiro atoms. The van der Waals surface area contributed by atoms with Crippen LogP contribution in [0.5, 0.6) is 0 Å². The van der Waals surface area contributed by atoms with Gasteiger partial charge in [0.15, 0.2) is 0 Å². The summed E-state index contributed by atoms with van der Waals surface area (Å²) in [6.07, 6.45) is 9.56. The normalized spacial score (nSPS) is 17.5. The van der Waals surface area contributed by atoms with Crippen LogP contribution >= 0.6 is 11.3 Å². The van der Waals surface area contributed by atoms with E-state index in [2.05, 4.69) is 48.4 Å². The maximum Gasteiger partial charge on any atom is 0.237 e. The molecular weight excluding hydrogens is 458 g/mol. The first kappa shape index (κ1) is 22.2. The van der Waals surface area contributed by atoms with Gasteiger partial charge in [0.1, 0.15) is 17.8 Å². The second kappa shape index (κ2) is 9.75. The van der Waals surface area contributed by atoms with Crippen molar-refractivity contribution >= 4 is 55.6 Å². The lowest BCUT2D eigenvalue weighted by atomic mass is 10.0. The van der Waals surface area contributed by atoms with Crippen LogP contribution in [0.2, 0.25) is 0 Å². The van der Waals surface area contributed by atoms with Gasteiger partial charge in [0.05, 0.1) is 27.7 Å². The number of fused-ring (bicyclic) bond motifs is 2. The Morgan fingerprint density at radius 3 is 2.77 bits per heavy atom. The third kappa shape index (κ3) is 4.78. The van der Waals surface area contributed by atoms with Gasteiger partial charge in [-0.2, -0.15) is 0 Å². The molecule has 2 aliphatic rings. The average molecular weight is 488 g/mol. The first-order valence-corrected chi connectivity index (χ1v) is 13.2. The van der Waals surface area contributed by atoms with Gasteiger partial charge in [-0.15, -0.1) is 11.3 Å². The summed E-state index contributed by atoms with van der Waals surface area (Å²) in [5.74, 6) is 1.01. The van der Waals surface area contributed by atoms with Crippen molar-refractivity contribution in [2.24, 2.45) is 0 Å². The van der Waals surface area contributed by atoms with E-state index in [0.717, 1.165) is 64.5 Å². The lowest BCUT2D eigenvalue weighted by molar-refractivity contribution is -0.132. The molecule has 0 atom stereocenters. The van der Waals surface area contributed by atoms with Gasteiger partial charge in [-0.25, -0.2) is 15.0 Å². The third-order valence-electron chi connectivity index (χ3n) is 6.99. The van der Waals surface area contributed by atoms with E-state index in [4.69, 9.17) is 0 Å². The highest BCUT2D eigenvalue weighted by Crippen LogP contribution is 2.30. The first-order valence-electron chi connectivity index (χ1n) is 12.4. The second-order valence-electron chi connectivity index (χ2n) is 9.34. The number of likely N-dealkylation sites (tertiary alicyclic amines) is 1. The molecule has 0 radical (unpaired) electrons. The third-order valence-corrected chi connectivity index (χ3v) is 7.78. The summed E-state index contributed by atoms with van der Waals surface area (Å²) in [6.45, 7) is 4.05. The number of nitrogens with zero attached hydrogens (tertiary/aromatic N) is 5. The van der Waals surface area contributed by atoms with Crippen LogP contribution < -0.4 is 5.32 Å². The number of hydrogen-bond acceptors (Lipinski definition) is 7. The van der Waals surface area contributed by atoms with Crippen LogP contribution in [-0.2, 0) is 4.79 Å². The Balaban J connectivity index is 1.16. The summed E-state index contributed by atoms with van der Waals surface area (Å²) in [5, 5.41) is 4.39. The maximum atomic E-state index is 12.9. The summed E-state index contributed by atoms with van der Waals surface area (Å²) in [7, 11) is 0. The van der Waals surface area contributed by atoms with Crippen molar-refractivity contribution in [1.82, 2.24) is 29.7 Å². The Bertz CT molecular complexity index is 1380. The van der Waals surface area contributed by atoms with E-state index in [-0.39, 0.29) is 5.91 Å². The highest BCUT2D eigenvalue weighted by molar-refractivity contribution is 7.16. The molecule has 0 bridgehead atoms. The molecule has 5 heterocycles. The highest BCUT2D eigenvalue weighted by Gasteiger charge is 2.22. The van der Waals surface area contributed by atoms with Crippen molar-refractivity contribution in [3.05, 3.63) is 47.9 Å². The van der Waals surface area contributed by atoms with Gasteiger partial charge >= 0.3 is 0 Å². The van der Waals surface area contributed by atoms with Crippen molar-refractivity contribution in [1.29, 1.82) is 0 Å². The van der Waals surface area contributed by atoms with Crippen molar-refractivity contribution in [3.63, 3.8) is 0 Å². The minimum absolute atomic E-state index is 0.245. The minimum Gasteiger partial charge on any atom is -0.340 e. The Labute approximate surface area is 208 Å². The van der Waals surface area contributed by atoms with Crippen molar-refractivity contribution in [2.45, 2.75) is 32.1 Å². The summed E-state index contributed by atoms with van der Waals surface area (Å²) >= 11 is 1.62. The van der Waals surface area contributed by atoms with Crippen LogP contribution in [0.3, 0.4) is 0 Å². The van der Waals surface area contributed by atoms with Crippen molar-refractivity contribution < 1.29 is 4.79 Å². The van der Waals surface area contributed by atoms with Gasteiger partial charge in [0.2, 0.25) is 5.91 Å². The standard InChI is InChI=1S/C26H29N7OS/c34-24(15-32-9-3-1-2-4-10-32)33-11-7-18(8-12-33)22-14-20-25(27-16-28-26(20)31-22)30-19-5-6-21-23(13-19)35-17-29-21/h5-7,13-14,16-17H,1-4,8-12,15H2,(H2,27,28,30,31). The van der Waals surface area contributed by atoms with Crippen LogP contribution in [0.4, 0.5) is 11.5 Å². The lowest BCUT2D eigenvalue weighted by Gasteiger charge is -2.29. The van der Waals surface area contributed by atoms with Crippen LogP contribution in [0.1, 0.15) is 37.8 Å². The second-order valence-corrected chi connectivity index (χ2v) is 10.2. The number of aromatic amines is 1. The van der Waals surface area contributed by atoms with E-state index in [1.54, 1.807) is 17.7 Å². The van der Waals surface area contributed by atoms with Crippen LogP contribution in [0.15, 0.2) is 42.2 Å². The number of thiazole rings is 1. The monoisotopic (exact) mass is 487 g/mol. The van der Waals surface area contributed by atoms with E-state index in [0.29, 0.717) is 13.1 Å². The Morgan fingerprint density at radius 2 is 1.94 bits per heavy atom. The molecule has 1 fully saturated rings. The fraction of sp³-hybridized carbons (Fsp3) is 0.385. The van der Waals surface area contributed by atoms with Crippen LogP contribution in [0.25, 0.3) is 26.8 Å². The number of H-pyrrole nitrogens is 1. The highest BCUT2D eigenvalue weighted by atomic mass is 32.1. The molecule has 2 aliphatic heterocycles. The zero-order valence-electron chi connectivity index (χ0n) is 19.7. The van der Waals surface area contributed by atoms with Crippen molar-refractivity contribution in [2.75, 3.05) is 38.0 Å². The average Bonchev–Trinajstić information content (AvgIpc) is 3.46. The lowest BCUT2D eigenvalue weighted by Crippen LogP contribution is -2.42. The predicted molar refractivity (Wildman–Crippen MR) is 141 cm³/mol. The summed E-state index contributed by atoms with van der Waals surface area (Å²) in [6, 6.07) is 8.24. The van der Waals surface area contributed by atoms with Gasteiger partial charge in [0, 0.05) is 24.5 Å². The number of carbonyl (C=O) groups excluding carboxylic acids is 1. The molecule has 0 unspecified atom stereocenters. The number of aromatic nitrogens is 4. The molecule has 180 valence electrons. The smallest absolute Gasteiger partial charge is 0.237 e. The molecule has 8 nitrogen and oxygen atoms in total. The molecule has 35 heavy (non-hydrogen) atoms. The molecule has 3 aromatic heterocycles. The SMILES string of the molecule is O=C(CN1CCCCCC1)N1CC=C(c2cc3c(Nc4ccc5ncsc5c4)ncnc3[nH]2)CC1. The molecule has 2 N–H and O–H groups in total. The van der Waals surface area contributed by atoms with E-state index in [1.807, 2.05) is 22.5 Å². The van der Waals surface area contributed by atoms with E-state index in [9.17, 15) is 4.79 Å². The fourth-order valence-corrected chi connectivity index (χ4v) is 5.72. The Morgan fingerprint density at radius 1 is 1.06 bits per heavy atom. The zero-order chi connectivity index (χ0) is 23.6. The molecule has 1 saturated heterocycles. The van der Waals surface area contributed by atoms with E-state index < -0.39 is 0 Å². The summed E-state index contributed by atoms with van der Waals surface area (Å²) in [4.78, 5) is 33.9. The van der Waals surface area contributed by atoms with Gasteiger partial charge in [-0.3, -0.25) is 9.69 Å². The zero-order valence-corrected chi connectivity index (χ0v) is 20.5. The number of anilines is 2. The number of carbonyl (C=O) groups is 1. The van der Waals surface area contributed by atoms with Gasteiger partial charge in [-0.1, -0.05) is 18.9 Å². The number of benzene rings is 1. The molecule has 4 aromatic rings.